The maximum absolute atomic E-state index is 12.9. The van der Waals surface area contributed by atoms with Gasteiger partial charge in [0, 0.05) is 9.99 Å². The smallest absolute Gasteiger partial charge is 0.224 e. The minimum Gasteiger partial charge on any atom is -0.325 e. The van der Waals surface area contributed by atoms with E-state index in [1.807, 2.05) is 22.6 Å². The Bertz CT molecular complexity index is 459. The molecule has 0 aromatic heterocycles. The lowest BCUT2D eigenvalue weighted by Crippen LogP contribution is -2.15. The summed E-state index contributed by atoms with van der Waals surface area (Å²) in [6.07, 6.45) is 6.82. The van der Waals surface area contributed by atoms with Gasteiger partial charge in [-0.2, -0.15) is 0 Å². The molecular weight excluding hydrogens is 332 g/mol. The number of rotatable bonds is 3. The van der Waals surface area contributed by atoms with Crippen LogP contribution < -0.4 is 5.32 Å². The number of carbonyl (C=O) groups is 1. The molecule has 2 nitrogen and oxygen atoms in total. The topological polar surface area (TPSA) is 29.1 Å². The molecule has 1 atom stereocenters. The summed E-state index contributed by atoms with van der Waals surface area (Å²) in [6, 6.07) is 4.36. The van der Waals surface area contributed by atoms with Gasteiger partial charge in [-0.1, -0.05) is 12.2 Å². The zero-order valence-corrected chi connectivity index (χ0v) is 11.4. The van der Waals surface area contributed by atoms with Crippen molar-refractivity contribution in [3.63, 3.8) is 0 Å². The Labute approximate surface area is 113 Å². The fraction of sp³-hybridized carbons (Fsp3) is 0.308. The van der Waals surface area contributed by atoms with E-state index in [0.717, 1.165) is 16.4 Å². The summed E-state index contributed by atoms with van der Waals surface area (Å²) in [5.74, 6) is 0.0605. The van der Waals surface area contributed by atoms with Gasteiger partial charge in [0.25, 0.3) is 0 Å². The Kier molecular flexibility index (Phi) is 4.15. The number of nitrogens with one attached hydrogen (secondary N) is 1. The van der Waals surface area contributed by atoms with Crippen LogP contribution in [0.3, 0.4) is 0 Å². The Morgan fingerprint density at radius 1 is 1.53 bits per heavy atom. The van der Waals surface area contributed by atoms with Crippen LogP contribution >= 0.6 is 22.6 Å². The summed E-state index contributed by atoms with van der Waals surface area (Å²) in [5.41, 5.74) is 0.680. The van der Waals surface area contributed by atoms with Gasteiger partial charge in [-0.05, 0) is 59.5 Å². The van der Waals surface area contributed by atoms with Crippen molar-refractivity contribution in [2.45, 2.75) is 19.3 Å². The van der Waals surface area contributed by atoms with Gasteiger partial charge in [-0.3, -0.25) is 4.79 Å². The summed E-state index contributed by atoms with van der Waals surface area (Å²) in [6.45, 7) is 0. The molecule has 1 aliphatic rings. The molecule has 90 valence electrons. The lowest BCUT2D eigenvalue weighted by atomic mass is 10.1. The number of benzene rings is 1. The monoisotopic (exact) mass is 345 g/mol. The van der Waals surface area contributed by atoms with Crippen LogP contribution in [0.25, 0.3) is 0 Å². The van der Waals surface area contributed by atoms with E-state index in [0.29, 0.717) is 18.0 Å². The lowest BCUT2D eigenvalue weighted by Gasteiger charge is -2.10. The zero-order valence-electron chi connectivity index (χ0n) is 9.25. The summed E-state index contributed by atoms with van der Waals surface area (Å²) >= 11 is 2.02. The molecule has 0 heterocycles. The van der Waals surface area contributed by atoms with E-state index in [1.54, 1.807) is 6.07 Å². The van der Waals surface area contributed by atoms with Gasteiger partial charge < -0.3 is 5.32 Å². The predicted octanol–water partition coefficient (Wildman–Crippen LogP) is 3.73. The van der Waals surface area contributed by atoms with Crippen molar-refractivity contribution in [3.8, 4) is 0 Å². The highest BCUT2D eigenvalue weighted by atomic mass is 127. The molecule has 0 saturated carbocycles. The summed E-state index contributed by atoms with van der Waals surface area (Å²) in [5, 5.41) is 2.82. The van der Waals surface area contributed by atoms with Crippen LogP contribution in [0.4, 0.5) is 10.1 Å². The second kappa shape index (κ2) is 5.62. The fourth-order valence-electron chi connectivity index (χ4n) is 1.90. The van der Waals surface area contributed by atoms with Crippen molar-refractivity contribution in [2.75, 3.05) is 5.32 Å². The van der Waals surface area contributed by atoms with Crippen LogP contribution in [-0.2, 0) is 4.79 Å². The number of anilines is 1. The molecule has 0 aliphatic heterocycles. The van der Waals surface area contributed by atoms with Gasteiger partial charge in [0.1, 0.15) is 5.82 Å². The van der Waals surface area contributed by atoms with Crippen LogP contribution in [0.5, 0.6) is 0 Å². The van der Waals surface area contributed by atoms with Crippen molar-refractivity contribution >= 4 is 34.2 Å². The second-order valence-electron chi connectivity index (χ2n) is 4.14. The molecule has 17 heavy (non-hydrogen) atoms. The first-order valence-corrected chi connectivity index (χ1v) is 6.64. The Morgan fingerprint density at radius 2 is 2.35 bits per heavy atom. The van der Waals surface area contributed by atoms with Crippen LogP contribution in [0, 0.1) is 15.3 Å². The third-order valence-electron chi connectivity index (χ3n) is 2.77. The molecule has 0 bridgehead atoms. The number of allylic oxidation sites excluding steroid dienone is 2. The lowest BCUT2D eigenvalue weighted by molar-refractivity contribution is -0.116. The van der Waals surface area contributed by atoms with E-state index >= 15 is 0 Å². The first-order chi connectivity index (χ1) is 8.15. The van der Waals surface area contributed by atoms with Crippen LogP contribution in [-0.4, -0.2) is 5.91 Å². The minimum atomic E-state index is -0.286. The third-order valence-corrected chi connectivity index (χ3v) is 3.66. The van der Waals surface area contributed by atoms with Crippen LogP contribution in [0.1, 0.15) is 19.3 Å². The highest BCUT2D eigenvalue weighted by Crippen LogP contribution is 2.23. The fourth-order valence-corrected chi connectivity index (χ4v) is 2.51. The van der Waals surface area contributed by atoms with Crippen molar-refractivity contribution in [2.24, 2.45) is 5.92 Å². The summed E-state index contributed by atoms with van der Waals surface area (Å²) < 4.78 is 13.6. The van der Waals surface area contributed by atoms with E-state index in [4.69, 9.17) is 0 Å². The Balaban J connectivity index is 1.95. The molecule has 1 aliphatic carbocycles. The molecule has 1 unspecified atom stereocenters. The van der Waals surface area contributed by atoms with Crippen molar-refractivity contribution < 1.29 is 9.18 Å². The largest absolute Gasteiger partial charge is 0.325 e. The predicted molar refractivity (Wildman–Crippen MR) is 74.2 cm³/mol. The molecule has 1 N–H and O–H groups in total. The molecule has 0 radical (unpaired) electrons. The van der Waals surface area contributed by atoms with E-state index in [9.17, 15) is 9.18 Å². The van der Waals surface area contributed by atoms with E-state index in [2.05, 4.69) is 17.5 Å². The van der Waals surface area contributed by atoms with Gasteiger partial charge >= 0.3 is 0 Å². The Morgan fingerprint density at radius 3 is 3.00 bits per heavy atom. The second-order valence-corrected chi connectivity index (χ2v) is 5.30. The highest BCUT2D eigenvalue weighted by Gasteiger charge is 2.14. The van der Waals surface area contributed by atoms with Gasteiger partial charge in [0.2, 0.25) is 5.91 Å². The average molecular weight is 345 g/mol. The maximum atomic E-state index is 12.9. The van der Waals surface area contributed by atoms with E-state index in [1.165, 1.54) is 12.1 Å². The van der Waals surface area contributed by atoms with Crippen LogP contribution in [0.15, 0.2) is 30.4 Å². The molecule has 0 spiro atoms. The molecule has 0 saturated heterocycles. The molecular formula is C13H13FINO. The van der Waals surface area contributed by atoms with Gasteiger partial charge in [0.15, 0.2) is 0 Å². The van der Waals surface area contributed by atoms with Crippen molar-refractivity contribution in [3.05, 3.63) is 39.7 Å². The SMILES string of the molecule is O=C(CC1C=CCC1)Nc1ccc(F)cc1I. The first-order valence-electron chi connectivity index (χ1n) is 5.57. The number of amides is 1. The third kappa shape index (κ3) is 3.52. The molecule has 4 heteroatoms. The summed E-state index contributed by atoms with van der Waals surface area (Å²) in [7, 11) is 0. The van der Waals surface area contributed by atoms with Gasteiger partial charge in [0.05, 0.1) is 5.69 Å². The minimum absolute atomic E-state index is 0.00826. The average Bonchev–Trinajstić information content (AvgIpc) is 2.75. The van der Waals surface area contributed by atoms with E-state index < -0.39 is 0 Å². The quantitative estimate of drug-likeness (QED) is 0.657. The molecule has 1 aromatic rings. The summed E-state index contributed by atoms with van der Waals surface area (Å²) in [4.78, 5) is 11.8. The standard InChI is InChI=1S/C13H13FINO/c14-10-5-6-12(11(15)8-10)16-13(17)7-9-3-1-2-4-9/h1,3,5-6,8-9H,2,4,7H2,(H,16,17). The first kappa shape index (κ1) is 12.5. The number of hydrogen-bond donors (Lipinski definition) is 1. The molecule has 2 rings (SSSR count). The van der Waals surface area contributed by atoms with Gasteiger partial charge in [-0.25, -0.2) is 4.39 Å². The Hall–Kier alpha value is -0.910. The number of carbonyl (C=O) groups excluding carboxylic acids is 1. The van der Waals surface area contributed by atoms with Gasteiger partial charge in [-0.15, -0.1) is 0 Å². The van der Waals surface area contributed by atoms with Crippen LogP contribution in [0.2, 0.25) is 0 Å². The van der Waals surface area contributed by atoms with E-state index in [-0.39, 0.29) is 11.7 Å². The maximum Gasteiger partial charge on any atom is 0.224 e. The highest BCUT2D eigenvalue weighted by molar-refractivity contribution is 14.1. The molecule has 1 aromatic carbocycles. The molecule has 1 amide bonds. The number of halogens is 2. The zero-order chi connectivity index (χ0) is 12.3. The van der Waals surface area contributed by atoms with Crippen molar-refractivity contribution in [1.82, 2.24) is 0 Å². The number of hydrogen-bond acceptors (Lipinski definition) is 1. The molecule has 0 fully saturated rings. The normalized spacial score (nSPS) is 18.4. The van der Waals surface area contributed by atoms with Crippen molar-refractivity contribution in [1.29, 1.82) is 0 Å².